The van der Waals surface area contributed by atoms with E-state index in [2.05, 4.69) is 6.58 Å². The molecule has 1 rings (SSSR count). The van der Waals surface area contributed by atoms with Crippen LogP contribution in [0.2, 0.25) is 0 Å². The first-order valence-electron chi connectivity index (χ1n) is 4.51. The van der Waals surface area contributed by atoms with Crippen LogP contribution < -0.4 is 0 Å². The molecular formula is C10H16O2. The van der Waals surface area contributed by atoms with Crippen LogP contribution in [0.4, 0.5) is 0 Å². The summed E-state index contributed by atoms with van der Waals surface area (Å²) in [5.74, 6) is 0.550. The molecule has 0 aromatic carbocycles. The van der Waals surface area contributed by atoms with E-state index in [0.717, 1.165) is 19.3 Å². The van der Waals surface area contributed by atoms with Crippen molar-refractivity contribution in [2.45, 2.75) is 39.0 Å². The lowest BCUT2D eigenvalue weighted by molar-refractivity contribution is -0.124. The molecule has 1 aliphatic carbocycles. The van der Waals surface area contributed by atoms with Crippen molar-refractivity contribution < 1.29 is 9.90 Å². The zero-order valence-electron chi connectivity index (χ0n) is 7.60. The maximum Gasteiger partial charge on any atom is 0.138 e. The molecule has 12 heavy (non-hydrogen) atoms. The molecule has 0 unspecified atom stereocenters. The average molecular weight is 168 g/mol. The Hall–Kier alpha value is -0.790. The SMILES string of the molecule is C=C(O)CCC1(C(=O)CC)CC1. The summed E-state index contributed by atoms with van der Waals surface area (Å²) in [4.78, 5) is 11.4. The molecule has 0 radical (unpaired) electrons. The molecule has 0 amide bonds. The molecule has 0 aliphatic heterocycles. The molecule has 0 atom stereocenters. The van der Waals surface area contributed by atoms with Gasteiger partial charge in [-0.3, -0.25) is 4.79 Å². The Morgan fingerprint density at radius 1 is 1.58 bits per heavy atom. The minimum absolute atomic E-state index is 0.0690. The Morgan fingerprint density at radius 3 is 2.50 bits per heavy atom. The van der Waals surface area contributed by atoms with Gasteiger partial charge in [0, 0.05) is 18.3 Å². The Labute approximate surface area is 73.3 Å². The average Bonchev–Trinajstić information content (AvgIpc) is 2.80. The molecule has 2 heteroatoms. The van der Waals surface area contributed by atoms with Crippen molar-refractivity contribution in [2.75, 3.05) is 0 Å². The Balaban J connectivity index is 2.39. The van der Waals surface area contributed by atoms with Crippen molar-refractivity contribution in [1.82, 2.24) is 0 Å². The molecule has 0 spiro atoms. The minimum Gasteiger partial charge on any atom is -0.513 e. The van der Waals surface area contributed by atoms with Crippen molar-refractivity contribution in [2.24, 2.45) is 5.41 Å². The number of hydrogen-bond acceptors (Lipinski definition) is 2. The van der Waals surface area contributed by atoms with Crippen LogP contribution in [0.25, 0.3) is 0 Å². The highest BCUT2D eigenvalue weighted by molar-refractivity contribution is 5.87. The summed E-state index contributed by atoms with van der Waals surface area (Å²) in [7, 11) is 0. The quantitative estimate of drug-likeness (QED) is 0.641. The zero-order valence-corrected chi connectivity index (χ0v) is 7.60. The third kappa shape index (κ3) is 1.87. The van der Waals surface area contributed by atoms with Crippen molar-refractivity contribution in [3.05, 3.63) is 12.3 Å². The lowest BCUT2D eigenvalue weighted by atomic mass is 9.93. The largest absolute Gasteiger partial charge is 0.513 e. The van der Waals surface area contributed by atoms with Crippen LogP contribution >= 0.6 is 0 Å². The standard InChI is InChI=1S/C10H16O2/c1-3-9(12)10(6-7-10)5-4-8(2)11/h11H,2-7H2,1H3. The molecule has 1 fully saturated rings. The van der Waals surface area contributed by atoms with E-state index >= 15 is 0 Å². The highest BCUT2D eigenvalue weighted by Gasteiger charge is 2.47. The second-order valence-electron chi connectivity index (χ2n) is 3.62. The Bertz CT molecular complexity index is 202. The Morgan fingerprint density at radius 2 is 2.17 bits per heavy atom. The van der Waals surface area contributed by atoms with Gasteiger partial charge in [0.2, 0.25) is 0 Å². The second-order valence-corrected chi connectivity index (χ2v) is 3.62. The summed E-state index contributed by atoms with van der Waals surface area (Å²) in [6.07, 6.45) is 4.00. The van der Waals surface area contributed by atoms with Crippen LogP contribution in [0, 0.1) is 5.41 Å². The molecule has 0 heterocycles. The normalized spacial score (nSPS) is 18.8. The van der Waals surface area contributed by atoms with E-state index in [-0.39, 0.29) is 11.2 Å². The number of Topliss-reactive ketones (excluding diaryl/α,β-unsaturated/α-hetero) is 1. The fraction of sp³-hybridized carbons (Fsp3) is 0.700. The van der Waals surface area contributed by atoms with E-state index < -0.39 is 0 Å². The fourth-order valence-electron chi connectivity index (χ4n) is 1.58. The van der Waals surface area contributed by atoms with Crippen molar-refractivity contribution in [3.63, 3.8) is 0 Å². The van der Waals surface area contributed by atoms with Gasteiger partial charge in [-0.25, -0.2) is 0 Å². The first-order chi connectivity index (χ1) is 5.60. The summed E-state index contributed by atoms with van der Waals surface area (Å²) < 4.78 is 0. The van der Waals surface area contributed by atoms with Gasteiger partial charge in [-0.05, 0) is 19.3 Å². The summed E-state index contributed by atoms with van der Waals surface area (Å²) in [6.45, 7) is 5.31. The van der Waals surface area contributed by atoms with Gasteiger partial charge in [0.15, 0.2) is 0 Å². The number of carbonyl (C=O) groups is 1. The predicted octanol–water partition coefficient (Wildman–Crippen LogP) is 2.60. The number of ketones is 1. The summed E-state index contributed by atoms with van der Waals surface area (Å²) in [5, 5.41) is 8.89. The molecule has 0 saturated heterocycles. The smallest absolute Gasteiger partial charge is 0.138 e. The maximum atomic E-state index is 11.4. The number of hydrogen-bond donors (Lipinski definition) is 1. The van der Waals surface area contributed by atoms with Crippen molar-refractivity contribution in [1.29, 1.82) is 0 Å². The van der Waals surface area contributed by atoms with Gasteiger partial charge in [0.05, 0.1) is 5.76 Å². The van der Waals surface area contributed by atoms with E-state index in [4.69, 9.17) is 5.11 Å². The molecule has 0 aromatic heterocycles. The predicted molar refractivity (Wildman–Crippen MR) is 48.0 cm³/mol. The molecule has 1 aliphatic rings. The van der Waals surface area contributed by atoms with Gasteiger partial charge in [-0.1, -0.05) is 13.5 Å². The summed E-state index contributed by atoms with van der Waals surface area (Å²) in [6, 6.07) is 0. The van der Waals surface area contributed by atoms with Gasteiger partial charge in [0.25, 0.3) is 0 Å². The summed E-state index contributed by atoms with van der Waals surface area (Å²) in [5.41, 5.74) is -0.0690. The Kier molecular flexibility index (Phi) is 2.55. The molecule has 0 aromatic rings. The van der Waals surface area contributed by atoms with E-state index in [9.17, 15) is 4.79 Å². The van der Waals surface area contributed by atoms with E-state index in [0.29, 0.717) is 18.6 Å². The fourth-order valence-corrected chi connectivity index (χ4v) is 1.58. The number of aliphatic hydroxyl groups is 1. The van der Waals surface area contributed by atoms with Crippen molar-refractivity contribution in [3.8, 4) is 0 Å². The van der Waals surface area contributed by atoms with E-state index in [1.807, 2.05) is 6.92 Å². The van der Waals surface area contributed by atoms with Crippen LogP contribution in [-0.4, -0.2) is 10.9 Å². The number of allylic oxidation sites excluding steroid dienone is 1. The molecule has 1 N–H and O–H groups in total. The van der Waals surface area contributed by atoms with E-state index in [1.54, 1.807) is 0 Å². The van der Waals surface area contributed by atoms with Crippen LogP contribution in [0.15, 0.2) is 12.3 Å². The lowest BCUT2D eigenvalue weighted by Gasteiger charge is -2.11. The minimum atomic E-state index is -0.0690. The van der Waals surface area contributed by atoms with Gasteiger partial charge >= 0.3 is 0 Å². The highest BCUT2D eigenvalue weighted by atomic mass is 16.3. The van der Waals surface area contributed by atoms with Gasteiger partial charge in [-0.2, -0.15) is 0 Å². The molecule has 1 saturated carbocycles. The van der Waals surface area contributed by atoms with Gasteiger partial charge < -0.3 is 5.11 Å². The highest BCUT2D eigenvalue weighted by Crippen LogP contribution is 2.51. The lowest BCUT2D eigenvalue weighted by Crippen LogP contribution is -2.14. The topological polar surface area (TPSA) is 37.3 Å². The molecule has 0 bridgehead atoms. The van der Waals surface area contributed by atoms with Gasteiger partial charge in [-0.15, -0.1) is 0 Å². The third-order valence-electron chi connectivity index (χ3n) is 2.66. The van der Waals surface area contributed by atoms with Crippen LogP contribution in [0.5, 0.6) is 0 Å². The molecule has 2 nitrogen and oxygen atoms in total. The monoisotopic (exact) mass is 168 g/mol. The molecule has 68 valence electrons. The van der Waals surface area contributed by atoms with Crippen LogP contribution in [0.3, 0.4) is 0 Å². The first-order valence-corrected chi connectivity index (χ1v) is 4.51. The molecular weight excluding hydrogens is 152 g/mol. The first kappa shape index (κ1) is 9.30. The van der Waals surface area contributed by atoms with Gasteiger partial charge in [0.1, 0.15) is 5.78 Å². The summed E-state index contributed by atoms with van der Waals surface area (Å²) >= 11 is 0. The number of aliphatic hydroxyl groups excluding tert-OH is 1. The third-order valence-corrected chi connectivity index (χ3v) is 2.66. The zero-order chi connectivity index (χ0) is 9.19. The number of rotatable bonds is 5. The van der Waals surface area contributed by atoms with E-state index in [1.165, 1.54) is 0 Å². The van der Waals surface area contributed by atoms with Crippen LogP contribution in [-0.2, 0) is 4.79 Å². The second kappa shape index (κ2) is 3.30. The number of carbonyl (C=O) groups excluding carboxylic acids is 1. The maximum absolute atomic E-state index is 11.4. The van der Waals surface area contributed by atoms with Crippen LogP contribution in [0.1, 0.15) is 39.0 Å². The van der Waals surface area contributed by atoms with Crippen molar-refractivity contribution >= 4 is 5.78 Å².